The number of azo groups is 1. The van der Waals surface area contributed by atoms with Gasteiger partial charge in [-0.3, -0.25) is 0 Å². The van der Waals surface area contributed by atoms with Crippen LogP contribution in [0.3, 0.4) is 0 Å². The van der Waals surface area contributed by atoms with E-state index in [1.54, 1.807) is 24.3 Å². The number of hydrogen-bond acceptors (Lipinski definition) is 8. The van der Waals surface area contributed by atoms with E-state index in [9.17, 15) is 10.2 Å². The van der Waals surface area contributed by atoms with Gasteiger partial charge in [0.1, 0.15) is 28.0 Å². The lowest BCUT2D eigenvalue weighted by atomic mass is 10.1. The summed E-state index contributed by atoms with van der Waals surface area (Å²) in [5.41, 5.74) is 2.14. The Morgan fingerprint density at radius 1 is 1.03 bits per heavy atom. The second kappa shape index (κ2) is 8.24. The van der Waals surface area contributed by atoms with Gasteiger partial charge in [0.15, 0.2) is 11.6 Å². The number of aromatic nitrogens is 2. The van der Waals surface area contributed by atoms with Crippen LogP contribution in [0.4, 0.5) is 5.82 Å². The third-order valence-electron chi connectivity index (χ3n) is 4.22. The summed E-state index contributed by atoms with van der Waals surface area (Å²) in [4.78, 5) is 9.09. The highest BCUT2D eigenvalue weighted by Gasteiger charge is 2.20. The molecule has 2 heterocycles. The molecule has 2 aromatic carbocycles. The average molecular weight is 406 g/mol. The molecule has 2 aromatic heterocycles. The Morgan fingerprint density at radius 2 is 1.83 bits per heavy atom. The number of phenols is 1. The van der Waals surface area contributed by atoms with E-state index in [0.29, 0.717) is 39.8 Å². The molecule has 0 aliphatic heterocycles. The van der Waals surface area contributed by atoms with Gasteiger partial charge in [-0.05, 0) is 36.8 Å². The highest BCUT2D eigenvalue weighted by Crippen LogP contribution is 2.47. The van der Waals surface area contributed by atoms with Crippen molar-refractivity contribution in [2.24, 2.45) is 10.2 Å². The van der Waals surface area contributed by atoms with Crippen LogP contribution in [0.25, 0.3) is 20.7 Å². The minimum absolute atomic E-state index is 0.0783. The number of ether oxygens (including phenoxy) is 1. The Bertz CT molecular complexity index is 1170. The summed E-state index contributed by atoms with van der Waals surface area (Å²) in [6, 6.07) is 14.3. The highest BCUT2D eigenvalue weighted by atomic mass is 32.1. The molecule has 4 aromatic rings. The van der Waals surface area contributed by atoms with Crippen LogP contribution in [-0.2, 0) is 6.54 Å². The molecule has 4 rings (SSSR count). The number of rotatable bonds is 6. The number of phenolic OH excluding ortho intramolecular Hbond substituents is 1. The van der Waals surface area contributed by atoms with E-state index >= 15 is 0 Å². The molecular weight excluding hydrogens is 388 g/mol. The Hall–Kier alpha value is -3.52. The lowest BCUT2D eigenvalue weighted by molar-refractivity contribution is 0.341. The fraction of sp³-hybridized carbons (Fsp3) is 0.143. The van der Waals surface area contributed by atoms with Gasteiger partial charge in [0, 0.05) is 5.56 Å². The maximum absolute atomic E-state index is 10.8. The largest absolute Gasteiger partial charge is 0.508 e. The summed E-state index contributed by atoms with van der Waals surface area (Å²) in [6.07, 6.45) is 1.36. The Kier molecular flexibility index (Phi) is 5.35. The summed E-state index contributed by atoms with van der Waals surface area (Å²) in [5, 5.41) is 28.6. The minimum Gasteiger partial charge on any atom is -0.508 e. The molecule has 29 heavy (non-hydrogen) atoms. The van der Waals surface area contributed by atoms with Gasteiger partial charge >= 0.3 is 0 Å². The van der Waals surface area contributed by atoms with Gasteiger partial charge in [-0.2, -0.15) is 5.11 Å². The van der Waals surface area contributed by atoms with Crippen molar-refractivity contribution in [3.05, 3.63) is 60.4 Å². The topological polar surface area (TPSA) is 100 Å². The third-order valence-corrected chi connectivity index (χ3v) is 5.41. The maximum atomic E-state index is 10.8. The lowest BCUT2D eigenvalue weighted by Gasteiger charge is -2.08. The fourth-order valence-corrected chi connectivity index (χ4v) is 3.97. The molecule has 7 nitrogen and oxygen atoms in total. The Morgan fingerprint density at radius 3 is 2.62 bits per heavy atom. The number of aromatic hydroxyl groups is 2. The van der Waals surface area contributed by atoms with Crippen LogP contribution in [0.5, 0.6) is 17.2 Å². The molecule has 0 fully saturated rings. The van der Waals surface area contributed by atoms with Crippen LogP contribution in [0, 0.1) is 0 Å². The van der Waals surface area contributed by atoms with Crippen molar-refractivity contribution in [1.29, 1.82) is 0 Å². The zero-order chi connectivity index (χ0) is 20.2. The molecule has 0 atom stereocenters. The van der Waals surface area contributed by atoms with Crippen LogP contribution in [-0.4, -0.2) is 26.8 Å². The molecule has 0 aliphatic carbocycles. The normalized spacial score (nSPS) is 11.3. The fourth-order valence-electron chi connectivity index (χ4n) is 2.86. The van der Waals surface area contributed by atoms with Crippen LogP contribution >= 0.6 is 11.3 Å². The van der Waals surface area contributed by atoms with E-state index in [-0.39, 0.29) is 11.5 Å². The predicted molar refractivity (Wildman–Crippen MR) is 112 cm³/mol. The number of hydrogen-bond donors (Lipinski definition) is 2. The molecule has 0 saturated carbocycles. The Labute approximate surface area is 171 Å². The van der Waals surface area contributed by atoms with Gasteiger partial charge in [0.2, 0.25) is 0 Å². The first-order chi connectivity index (χ1) is 14.2. The Balaban J connectivity index is 1.70. The van der Waals surface area contributed by atoms with Gasteiger partial charge in [0.05, 0.1) is 18.0 Å². The lowest BCUT2D eigenvalue weighted by Crippen LogP contribution is -1.92. The average Bonchev–Trinajstić information content (AvgIpc) is 3.08. The van der Waals surface area contributed by atoms with Gasteiger partial charge in [-0.1, -0.05) is 24.3 Å². The summed E-state index contributed by atoms with van der Waals surface area (Å²) < 4.78 is 6.35. The molecule has 0 spiro atoms. The standard InChI is InChI=1S/C21H18N4O3S/c1-2-28-16-6-4-3-5-15(16)19-18(27)17-20(29-19)21(23-12-22-17)25-24-11-13-7-9-14(26)10-8-13/h3-10,12,26-27H,2,11H2,1H3. The van der Waals surface area contributed by atoms with E-state index in [1.807, 2.05) is 31.2 Å². The summed E-state index contributed by atoms with van der Waals surface area (Å²) in [7, 11) is 0. The van der Waals surface area contributed by atoms with Gasteiger partial charge in [0.25, 0.3) is 0 Å². The number of nitrogens with zero attached hydrogens (tertiary/aromatic N) is 4. The van der Waals surface area contributed by atoms with Crippen molar-refractivity contribution in [3.8, 4) is 27.7 Å². The quantitative estimate of drug-likeness (QED) is 0.415. The zero-order valence-electron chi connectivity index (χ0n) is 15.6. The molecule has 0 unspecified atom stereocenters. The van der Waals surface area contributed by atoms with Crippen molar-refractivity contribution in [2.75, 3.05) is 6.61 Å². The number of thiophene rings is 1. The predicted octanol–water partition coefficient (Wildman–Crippen LogP) is 5.45. The molecule has 0 radical (unpaired) electrons. The number of fused-ring (bicyclic) bond motifs is 1. The van der Waals surface area contributed by atoms with Crippen molar-refractivity contribution < 1.29 is 14.9 Å². The van der Waals surface area contributed by atoms with Gasteiger partial charge < -0.3 is 14.9 Å². The summed E-state index contributed by atoms with van der Waals surface area (Å²) >= 11 is 1.35. The number of benzene rings is 2. The molecule has 2 N–H and O–H groups in total. The number of para-hydroxylation sites is 1. The van der Waals surface area contributed by atoms with Crippen LogP contribution in [0.15, 0.2) is 65.1 Å². The van der Waals surface area contributed by atoms with Crippen LogP contribution < -0.4 is 4.74 Å². The first-order valence-corrected chi connectivity index (χ1v) is 9.83. The third kappa shape index (κ3) is 3.88. The first-order valence-electron chi connectivity index (χ1n) is 9.01. The molecule has 0 aliphatic rings. The van der Waals surface area contributed by atoms with Gasteiger partial charge in [-0.15, -0.1) is 16.5 Å². The van der Waals surface area contributed by atoms with Crippen molar-refractivity contribution in [1.82, 2.24) is 9.97 Å². The van der Waals surface area contributed by atoms with Gasteiger partial charge in [-0.25, -0.2) is 9.97 Å². The molecule has 0 saturated heterocycles. The van der Waals surface area contributed by atoms with Crippen LogP contribution in [0.2, 0.25) is 0 Å². The van der Waals surface area contributed by atoms with Crippen molar-refractivity contribution in [3.63, 3.8) is 0 Å². The smallest absolute Gasteiger partial charge is 0.195 e. The zero-order valence-corrected chi connectivity index (χ0v) is 16.4. The highest BCUT2D eigenvalue weighted by molar-refractivity contribution is 7.23. The molecule has 146 valence electrons. The van der Waals surface area contributed by atoms with Crippen molar-refractivity contribution >= 4 is 27.4 Å². The van der Waals surface area contributed by atoms with E-state index in [0.717, 1.165) is 11.1 Å². The molecule has 8 heteroatoms. The second-order valence-electron chi connectivity index (χ2n) is 6.15. The molecular formula is C21H18N4O3S. The van der Waals surface area contributed by atoms with E-state index in [2.05, 4.69) is 20.2 Å². The van der Waals surface area contributed by atoms with Crippen molar-refractivity contribution in [2.45, 2.75) is 13.5 Å². The monoisotopic (exact) mass is 406 g/mol. The SMILES string of the molecule is CCOc1ccccc1-c1sc2c(N=NCc3ccc(O)cc3)ncnc2c1O. The van der Waals surface area contributed by atoms with Crippen LogP contribution in [0.1, 0.15) is 12.5 Å². The van der Waals surface area contributed by atoms with E-state index in [1.165, 1.54) is 17.7 Å². The first kappa shape index (κ1) is 18.8. The molecule has 0 bridgehead atoms. The minimum atomic E-state index is 0.0783. The van der Waals surface area contributed by atoms with E-state index in [4.69, 9.17) is 4.74 Å². The summed E-state index contributed by atoms with van der Waals surface area (Å²) in [6.45, 7) is 2.79. The second-order valence-corrected chi connectivity index (χ2v) is 7.17. The van der Waals surface area contributed by atoms with E-state index < -0.39 is 0 Å². The summed E-state index contributed by atoms with van der Waals surface area (Å²) in [5.74, 6) is 1.38. The molecule has 0 amide bonds. The maximum Gasteiger partial charge on any atom is 0.195 e.